The van der Waals surface area contributed by atoms with Crippen LogP contribution in [-0.4, -0.2) is 10.2 Å². The first-order valence-corrected chi connectivity index (χ1v) is 5.00. The molecule has 0 aliphatic heterocycles. The van der Waals surface area contributed by atoms with E-state index in [0.29, 0.717) is 0 Å². The summed E-state index contributed by atoms with van der Waals surface area (Å²) in [5, 5.41) is 19.4. The number of benzene rings is 1. The number of phenolic OH excluding ortho intramolecular Hbond substituents is 1. The molecule has 1 aromatic rings. The Labute approximate surface area is 85.2 Å². The number of hydrogen-bond acceptors (Lipinski definition) is 2. The SMILES string of the molecule is CCC(C)C(C)(O)c1ccc(O)cc1. The Kier molecular flexibility index (Phi) is 3.17. The van der Waals surface area contributed by atoms with Crippen molar-refractivity contribution >= 4 is 0 Å². The van der Waals surface area contributed by atoms with E-state index in [-0.39, 0.29) is 11.7 Å². The van der Waals surface area contributed by atoms with Gasteiger partial charge in [-0.25, -0.2) is 0 Å². The number of hydrogen-bond donors (Lipinski definition) is 2. The lowest BCUT2D eigenvalue weighted by Crippen LogP contribution is -2.29. The van der Waals surface area contributed by atoms with E-state index in [1.165, 1.54) is 0 Å². The van der Waals surface area contributed by atoms with Crippen LogP contribution in [0.5, 0.6) is 5.75 Å². The number of aromatic hydroxyl groups is 1. The van der Waals surface area contributed by atoms with Gasteiger partial charge in [0, 0.05) is 0 Å². The number of rotatable bonds is 3. The topological polar surface area (TPSA) is 40.5 Å². The third-order valence-electron chi connectivity index (χ3n) is 3.02. The Hall–Kier alpha value is -1.02. The second kappa shape index (κ2) is 4.01. The Bertz CT molecular complexity index is 288. The quantitative estimate of drug-likeness (QED) is 0.776. The van der Waals surface area contributed by atoms with Crippen LogP contribution in [0.15, 0.2) is 24.3 Å². The zero-order chi connectivity index (χ0) is 10.8. The molecule has 0 fully saturated rings. The Morgan fingerprint density at radius 3 is 2.21 bits per heavy atom. The summed E-state index contributed by atoms with van der Waals surface area (Å²) in [5.41, 5.74) is 0.0345. The molecule has 2 nitrogen and oxygen atoms in total. The molecule has 0 saturated heterocycles. The van der Waals surface area contributed by atoms with Crippen molar-refractivity contribution in [2.45, 2.75) is 32.8 Å². The normalized spacial score (nSPS) is 17.4. The highest BCUT2D eigenvalue weighted by atomic mass is 16.3. The van der Waals surface area contributed by atoms with Crippen LogP contribution >= 0.6 is 0 Å². The second-order valence-electron chi connectivity index (χ2n) is 4.00. The van der Waals surface area contributed by atoms with E-state index in [4.69, 9.17) is 5.11 Å². The third kappa shape index (κ3) is 2.07. The molecule has 0 spiro atoms. The zero-order valence-electron chi connectivity index (χ0n) is 8.99. The summed E-state index contributed by atoms with van der Waals surface area (Å²) >= 11 is 0. The molecular weight excluding hydrogens is 176 g/mol. The highest BCUT2D eigenvalue weighted by Crippen LogP contribution is 2.31. The van der Waals surface area contributed by atoms with Crippen LogP contribution < -0.4 is 0 Å². The molecule has 2 heteroatoms. The van der Waals surface area contributed by atoms with E-state index in [0.717, 1.165) is 12.0 Å². The molecule has 2 atom stereocenters. The van der Waals surface area contributed by atoms with Crippen molar-refractivity contribution in [1.29, 1.82) is 0 Å². The van der Waals surface area contributed by atoms with Crippen molar-refractivity contribution in [2.75, 3.05) is 0 Å². The first kappa shape index (κ1) is 11.1. The molecule has 0 amide bonds. The van der Waals surface area contributed by atoms with Gasteiger partial charge in [0.1, 0.15) is 5.75 Å². The maximum absolute atomic E-state index is 10.3. The van der Waals surface area contributed by atoms with E-state index < -0.39 is 5.60 Å². The average molecular weight is 194 g/mol. The molecule has 0 bridgehead atoms. The number of aliphatic hydroxyl groups is 1. The highest BCUT2D eigenvalue weighted by molar-refractivity contribution is 5.29. The molecule has 0 aliphatic rings. The molecule has 14 heavy (non-hydrogen) atoms. The Morgan fingerprint density at radius 1 is 1.29 bits per heavy atom. The van der Waals surface area contributed by atoms with Gasteiger partial charge in [0.25, 0.3) is 0 Å². The van der Waals surface area contributed by atoms with Crippen molar-refractivity contribution in [3.63, 3.8) is 0 Å². The average Bonchev–Trinajstić information content (AvgIpc) is 2.17. The van der Waals surface area contributed by atoms with Crippen molar-refractivity contribution in [3.8, 4) is 5.75 Å². The molecule has 78 valence electrons. The lowest BCUT2D eigenvalue weighted by atomic mass is 9.82. The standard InChI is InChI=1S/C12H18O2/c1-4-9(2)12(3,14)10-5-7-11(13)8-6-10/h5-9,13-14H,4H2,1-3H3. The maximum atomic E-state index is 10.3. The Morgan fingerprint density at radius 2 is 1.79 bits per heavy atom. The predicted molar refractivity (Wildman–Crippen MR) is 57.1 cm³/mol. The third-order valence-corrected chi connectivity index (χ3v) is 3.02. The van der Waals surface area contributed by atoms with Crippen molar-refractivity contribution in [1.82, 2.24) is 0 Å². The van der Waals surface area contributed by atoms with Crippen LogP contribution in [0.2, 0.25) is 0 Å². The number of phenols is 1. The van der Waals surface area contributed by atoms with Gasteiger partial charge in [0.2, 0.25) is 0 Å². The van der Waals surface area contributed by atoms with Crippen LogP contribution in [0.25, 0.3) is 0 Å². The first-order chi connectivity index (χ1) is 6.48. The van der Waals surface area contributed by atoms with Gasteiger partial charge < -0.3 is 10.2 Å². The van der Waals surface area contributed by atoms with Gasteiger partial charge in [-0.2, -0.15) is 0 Å². The molecule has 0 heterocycles. The van der Waals surface area contributed by atoms with Gasteiger partial charge in [0.15, 0.2) is 0 Å². The first-order valence-electron chi connectivity index (χ1n) is 5.00. The summed E-state index contributed by atoms with van der Waals surface area (Å²) in [6.45, 7) is 5.89. The molecule has 0 aromatic heterocycles. The van der Waals surface area contributed by atoms with Gasteiger partial charge in [-0.15, -0.1) is 0 Å². The van der Waals surface area contributed by atoms with E-state index in [1.54, 1.807) is 24.3 Å². The fraction of sp³-hybridized carbons (Fsp3) is 0.500. The van der Waals surface area contributed by atoms with Gasteiger partial charge >= 0.3 is 0 Å². The largest absolute Gasteiger partial charge is 0.508 e. The van der Waals surface area contributed by atoms with Crippen molar-refractivity contribution in [2.24, 2.45) is 5.92 Å². The summed E-state index contributed by atoms with van der Waals surface area (Å²) in [6.07, 6.45) is 0.924. The molecule has 2 unspecified atom stereocenters. The van der Waals surface area contributed by atoms with Crippen LogP contribution in [0.3, 0.4) is 0 Å². The van der Waals surface area contributed by atoms with E-state index in [9.17, 15) is 5.11 Å². The van der Waals surface area contributed by atoms with Gasteiger partial charge in [-0.05, 0) is 30.5 Å². The highest BCUT2D eigenvalue weighted by Gasteiger charge is 2.28. The van der Waals surface area contributed by atoms with E-state index >= 15 is 0 Å². The van der Waals surface area contributed by atoms with Crippen LogP contribution in [0, 0.1) is 5.92 Å². The lowest BCUT2D eigenvalue weighted by molar-refractivity contribution is -0.00000493. The molecular formula is C12H18O2. The van der Waals surface area contributed by atoms with Crippen LogP contribution in [0.1, 0.15) is 32.8 Å². The maximum Gasteiger partial charge on any atom is 0.115 e. The van der Waals surface area contributed by atoms with E-state index in [1.807, 2.05) is 13.8 Å². The fourth-order valence-corrected chi connectivity index (χ4v) is 1.48. The summed E-state index contributed by atoms with van der Waals surface area (Å²) in [4.78, 5) is 0. The molecule has 1 aromatic carbocycles. The van der Waals surface area contributed by atoms with E-state index in [2.05, 4.69) is 6.92 Å². The van der Waals surface area contributed by atoms with Crippen LogP contribution in [0.4, 0.5) is 0 Å². The molecule has 0 saturated carbocycles. The summed E-state index contributed by atoms with van der Waals surface area (Å²) in [5.74, 6) is 0.431. The molecule has 0 radical (unpaired) electrons. The summed E-state index contributed by atoms with van der Waals surface area (Å²) in [7, 11) is 0. The van der Waals surface area contributed by atoms with Crippen molar-refractivity contribution < 1.29 is 10.2 Å². The Balaban J connectivity index is 2.97. The lowest BCUT2D eigenvalue weighted by Gasteiger charge is -2.30. The minimum atomic E-state index is -0.817. The molecule has 1 rings (SSSR count). The fourth-order valence-electron chi connectivity index (χ4n) is 1.48. The summed E-state index contributed by atoms with van der Waals surface area (Å²) in [6, 6.07) is 6.74. The van der Waals surface area contributed by atoms with Crippen LogP contribution in [-0.2, 0) is 5.60 Å². The summed E-state index contributed by atoms with van der Waals surface area (Å²) < 4.78 is 0. The van der Waals surface area contributed by atoms with Gasteiger partial charge in [-0.3, -0.25) is 0 Å². The second-order valence-corrected chi connectivity index (χ2v) is 4.00. The predicted octanol–water partition coefficient (Wildman–Crippen LogP) is 2.65. The zero-order valence-corrected chi connectivity index (χ0v) is 8.99. The van der Waals surface area contributed by atoms with Gasteiger partial charge in [-0.1, -0.05) is 32.4 Å². The van der Waals surface area contributed by atoms with Gasteiger partial charge in [0.05, 0.1) is 5.60 Å². The molecule has 2 N–H and O–H groups in total. The monoisotopic (exact) mass is 194 g/mol. The smallest absolute Gasteiger partial charge is 0.115 e. The molecule has 0 aliphatic carbocycles. The minimum absolute atomic E-state index is 0.201. The minimum Gasteiger partial charge on any atom is -0.508 e. The van der Waals surface area contributed by atoms with Crippen molar-refractivity contribution in [3.05, 3.63) is 29.8 Å².